The highest BCUT2D eigenvalue weighted by Crippen LogP contribution is 2.19. The number of anilines is 5. The molecule has 0 aliphatic heterocycles. The van der Waals surface area contributed by atoms with Crippen molar-refractivity contribution < 1.29 is 150 Å². The van der Waals surface area contributed by atoms with Crippen molar-refractivity contribution in [3.8, 4) is 0 Å². The summed E-state index contributed by atoms with van der Waals surface area (Å²) < 4.78 is 20.8. The van der Waals surface area contributed by atoms with E-state index in [9.17, 15) is 101 Å². The lowest BCUT2D eigenvalue weighted by Crippen LogP contribution is -2.32. The van der Waals surface area contributed by atoms with E-state index in [1.54, 1.807) is 102 Å². The van der Waals surface area contributed by atoms with Crippen molar-refractivity contribution in [1.82, 2.24) is 46.2 Å². The Morgan fingerprint density at radius 3 is 1.06 bits per heavy atom. The fourth-order valence-corrected chi connectivity index (χ4v) is 11.2. The molecular weight excluding hydrogens is 2120 g/mol. The van der Waals surface area contributed by atoms with Gasteiger partial charge in [-0.1, -0.05) is 55.4 Å². The monoisotopic (exact) mass is 2250 g/mol. The number of thiol groups is 1. The Kier molecular flexibility index (Phi) is 71.7. The smallest absolute Gasteiger partial charge is 0.398 e. The van der Waals surface area contributed by atoms with E-state index < -0.39 is 124 Å². The highest BCUT2D eigenvalue weighted by molar-refractivity contribution is 9.09. The Hall–Kier alpha value is -13.2. The number of carbonyl (C=O) groups excluding carboxylic acids is 16. The average Bonchev–Trinajstić information content (AvgIpc) is 1.66. The molecule has 0 aliphatic carbocycles. The van der Waals surface area contributed by atoms with Crippen LogP contribution < -0.4 is 69.4 Å². The van der Waals surface area contributed by atoms with Gasteiger partial charge in [0.2, 0.25) is 5.91 Å². The van der Waals surface area contributed by atoms with Gasteiger partial charge in [-0.25, -0.2) is 43.4 Å². The first-order valence-corrected chi connectivity index (χ1v) is 49.1. The van der Waals surface area contributed by atoms with Gasteiger partial charge in [-0.05, 0) is 261 Å². The second kappa shape index (κ2) is 76.4. The molecule has 0 atom stereocenters. The fraction of sp³-hybridized carbons (Fsp3) is 0.413. The first kappa shape index (κ1) is 137. The summed E-state index contributed by atoms with van der Waals surface area (Å²) >= 11 is 17.7. The number of thioether (sulfide) groups is 2. The number of hydrogen-bond acceptors (Lipinski definition) is 34. The number of nitrogens with one attached hydrogen (secondary N) is 11. The molecule has 6 rings (SSSR count). The number of benzene rings is 5. The number of halogens is 3. The predicted molar refractivity (Wildman–Crippen MR) is 561 cm³/mol. The minimum Gasteiger partial charge on any atom is -0.481 e. The second-order valence-electron chi connectivity index (χ2n) is 32.8. The average molecular weight is 2250 g/mol. The number of alkyl halides is 2. The number of aromatic nitrogens is 2. The number of rotatable bonds is 36. The van der Waals surface area contributed by atoms with E-state index in [2.05, 4.69) is 107 Å². The molecule has 1 heterocycles. The molecule has 0 saturated carbocycles. The summed E-state index contributed by atoms with van der Waals surface area (Å²) in [5.41, 5.74) is 10.4. The number of amides is 9. The Balaban J connectivity index is -0.00000165. The number of carboxylic acids is 5. The van der Waals surface area contributed by atoms with E-state index in [1.807, 2.05) is 0 Å². The molecule has 146 heavy (non-hydrogen) atoms. The highest BCUT2D eigenvalue weighted by Gasteiger charge is 2.28. The molecule has 0 unspecified atom stereocenters. The van der Waals surface area contributed by atoms with E-state index in [0.29, 0.717) is 77.0 Å². The van der Waals surface area contributed by atoms with Crippen LogP contribution >= 0.6 is 79.8 Å². The third-order valence-corrected chi connectivity index (χ3v) is 18.9. The number of nitrogens with zero attached hydrogens (tertiary/aromatic N) is 2. The molecule has 9 amide bonds. The highest BCUT2D eigenvalue weighted by atomic mass is 79.9. The molecule has 0 bridgehead atoms. The van der Waals surface area contributed by atoms with E-state index in [1.165, 1.54) is 140 Å². The zero-order valence-electron chi connectivity index (χ0n) is 82.6. The van der Waals surface area contributed by atoms with E-state index in [4.69, 9.17) is 80.6 Å². The number of nitrogen functional groups attached to an aromatic ring is 1. The number of hydrogen-bond donors (Lipinski definition) is 20. The third-order valence-electron chi connectivity index (χ3n) is 15.3. The largest absolute Gasteiger partial charge is 0.481 e. The van der Waals surface area contributed by atoms with Crippen LogP contribution in [0.15, 0.2) is 140 Å². The van der Waals surface area contributed by atoms with Gasteiger partial charge in [-0.2, -0.15) is 12.6 Å². The zero-order chi connectivity index (χ0) is 112. The van der Waals surface area contributed by atoms with Gasteiger partial charge in [0.15, 0.2) is 23.9 Å². The number of nitrogens with two attached hydrogens (primary N) is 2. The van der Waals surface area contributed by atoms with Crippen LogP contribution in [0.5, 0.6) is 0 Å². The molecule has 0 aliphatic rings. The van der Waals surface area contributed by atoms with Crippen LogP contribution in [-0.2, 0) is 86.1 Å². The second-order valence-corrected chi connectivity index (χ2v) is 37.2. The topological polar surface area (TPSA) is 719 Å². The van der Waals surface area contributed by atoms with Gasteiger partial charge < -0.3 is 114 Å². The van der Waals surface area contributed by atoms with E-state index in [-0.39, 0.29) is 102 Å². The summed E-state index contributed by atoms with van der Waals surface area (Å²) in [4.78, 5) is 241. The molecule has 1 aromatic heterocycles. The Labute approximate surface area is 881 Å². The van der Waals surface area contributed by atoms with Crippen molar-refractivity contribution in [3.63, 3.8) is 0 Å². The number of ether oxygens (including phenoxy) is 4. The molecule has 2 radical (unpaired) electrons. The lowest BCUT2D eigenvalue weighted by atomic mass is 9.89. The summed E-state index contributed by atoms with van der Waals surface area (Å²) in [5.74, 6) is -13.6. The minimum absolute atomic E-state index is 0.0162. The van der Waals surface area contributed by atoms with Crippen molar-refractivity contribution >= 4 is 246 Å². The van der Waals surface area contributed by atoms with Crippen LogP contribution in [0.1, 0.15) is 191 Å². The lowest BCUT2D eigenvalue weighted by molar-refractivity contribution is -0.161. The number of aliphatic carboxylic acids is 3. The maximum atomic E-state index is 12.2. The van der Waals surface area contributed by atoms with Crippen LogP contribution in [0.3, 0.4) is 0 Å². The SMILES string of the molecule is CB(O)NCCCSC(=O)CCNC(=O)c1ccc(NC(=O)C(=O)OC(C)(C)C)cc1.CC(C)(C)OC(=O)C(=O)Nc1ccc(C(=O)NCCC(=O)O)cc1.CC(C)(C)OC(=O)C(=O)Nc1ccc(C(=O)O)cc1.CC(C)(C)OC(=O)C(=O)n1ccnc1.ClNCCCBr.NCCC(=O)O.Nc1ccc(C(=O)O)cc1.O=C(CBr)NCCCSC(=O)CCNC(=O)c1ccc(NC(=O)C(=O)O)cc1.[B]C(=O)NCCCS. The standard InChI is InChI=1S/C20H30BN3O6S.C17H20BrN3O6S.C16H20N2O6.C13H15NO5.C9H12N2O3.C7H7NO2.C4H8BNOS.C3H7BrClN.C3H7NO2/c1-20(2,3)30-19(28)18(27)24-15-8-6-14(7-9-15)17(26)22-12-10-16(25)31-13-5-11-23-21(4)29;18-10-13(22)19-7-1-9-28-14(23)6-8-20-15(24)11-2-4-12(5-3-11)21-16(25)17(26)27;1-16(2,3)24-15(23)14(22)18-11-6-4-10(5-7-11)13(21)17-9-8-12(19)20;1-13(2,3)19-12(18)10(15)14-9-6-4-8(5-7-9)11(16)17;1-9(2,3)14-8(13)7(12)11-5-4-10-6-11;8-6-3-1-5(2-4-6)7(9)10;5-4(7)6-2-1-3-8;4-2-1-3-6-5;4-2-1-3(5)6/h6-9,23,29H,5,10-13H2,1-4H3,(H,22,26)(H,24,27);2-5H,1,6-10H2,(H,19,22)(H,20,24)(H,21,25)(H,26,27);4-7H,8-9H2,1-3H3,(H,17,21)(H,18,22)(H,19,20);4-7H,1-3H3,(H,14,15)(H,16,17);4-6H,1-3H3;1-4H,8H2,(H,9,10);8H,1-3H2,(H,6,7);6H,1-3H2;1-2,4H2,(H,5,6). The summed E-state index contributed by atoms with van der Waals surface area (Å²) in [7, 11) is 4.19. The van der Waals surface area contributed by atoms with Crippen molar-refractivity contribution in [1.29, 1.82) is 0 Å². The molecule has 0 fully saturated rings. The summed E-state index contributed by atoms with van der Waals surface area (Å²) in [6.45, 7) is 24.9. The maximum absolute atomic E-state index is 12.2. The molecule has 0 saturated heterocycles. The van der Waals surface area contributed by atoms with Crippen LogP contribution in [0.25, 0.3) is 0 Å². The quantitative estimate of drug-likeness (QED) is 0.00203. The van der Waals surface area contributed by atoms with Gasteiger partial charge in [-0.3, -0.25) is 71.7 Å². The van der Waals surface area contributed by atoms with Gasteiger partial charge in [0, 0.05) is 133 Å². The number of imidazole rings is 1. The minimum atomic E-state index is -1.60. The molecule has 21 N–H and O–H groups in total. The summed E-state index contributed by atoms with van der Waals surface area (Å²) in [5, 5.41) is 77.2. The Morgan fingerprint density at radius 1 is 0.445 bits per heavy atom. The molecule has 800 valence electrons. The van der Waals surface area contributed by atoms with Crippen molar-refractivity contribution in [2.24, 2.45) is 5.73 Å². The van der Waals surface area contributed by atoms with Gasteiger partial charge in [0.1, 0.15) is 28.7 Å². The number of carboxylic acid groups (broad SMARTS) is 5. The maximum Gasteiger partial charge on any atom is 0.398 e. The van der Waals surface area contributed by atoms with Crippen molar-refractivity contribution in [3.05, 3.63) is 168 Å². The van der Waals surface area contributed by atoms with E-state index >= 15 is 0 Å². The van der Waals surface area contributed by atoms with Gasteiger partial charge >= 0.3 is 90.3 Å². The van der Waals surface area contributed by atoms with Crippen LogP contribution in [0.2, 0.25) is 6.82 Å². The van der Waals surface area contributed by atoms with E-state index in [0.717, 1.165) is 53.2 Å². The Morgan fingerprint density at radius 2 is 0.781 bits per heavy atom. The normalized spacial score (nSPS) is 10.2. The number of aromatic carboxylic acids is 2. The van der Waals surface area contributed by atoms with Crippen molar-refractivity contribution in [2.75, 3.05) is 107 Å². The molecular formula is C92H126B2Br2ClN15O31S3. The first-order chi connectivity index (χ1) is 68.1. The van der Waals surface area contributed by atoms with Crippen LogP contribution in [0.4, 0.5) is 33.2 Å². The molecule has 5 aromatic carbocycles. The summed E-state index contributed by atoms with van der Waals surface area (Å²) in [6.07, 6.45) is 7.74. The Bertz CT molecular complexity index is 5150. The van der Waals surface area contributed by atoms with Gasteiger partial charge in [0.25, 0.3) is 17.7 Å². The fourth-order valence-electron chi connectivity index (χ4n) is 8.89. The first-order valence-electron chi connectivity index (χ1n) is 43.9. The number of carbonyl (C=O) groups is 21. The van der Waals surface area contributed by atoms with Gasteiger partial charge in [0.05, 0.1) is 29.3 Å². The van der Waals surface area contributed by atoms with Gasteiger partial charge in [-0.15, -0.1) is 0 Å². The molecule has 0 spiro atoms. The zero-order valence-corrected chi connectivity index (χ0v) is 89.1. The van der Waals surface area contributed by atoms with Crippen LogP contribution in [-0.4, -0.2) is 281 Å². The molecule has 46 nitrogen and oxygen atoms in total. The molecule has 54 heteroatoms. The van der Waals surface area contributed by atoms with Crippen LogP contribution in [0, 0.1) is 0 Å². The summed E-state index contributed by atoms with van der Waals surface area (Å²) in [6, 6.07) is 29.0. The third kappa shape index (κ3) is 75.6. The number of esters is 4. The lowest BCUT2D eigenvalue weighted by Gasteiger charge is -2.18. The molecule has 6 aromatic rings. The predicted octanol–water partition coefficient (Wildman–Crippen LogP) is 8.21. The van der Waals surface area contributed by atoms with Crippen molar-refractivity contribution in [2.45, 2.75) is 164 Å².